The van der Waals surface area contributed by atoms with E-state index in [1.54, 1.807) is 18.2 Å². The largest absolute Gasteiger partial charge is 0.388 e. The molecule has 1 unspecified atom stereocenters. The van der Waals surface area contributed by atoms with E-state index in [1.165, 1.54) is 11.1 Å². The summed E-state index contributed by atoms with van der Waals surface area (Å²) in [5.41, 5.74) is 4.96. The van der Waals surface area contributed by atoms with Crippen molar-refractivity contribution in [2.75, 3.05) is 0 Å². The molecule has 2 aromatic rings. The van der Waals surface area contributed by atoms with Gasteiger partial charge in [0.15, 0.2) is 0 Å². The van der Waals surface area contributed by atoms with Crippen LogP contribution in [-0.4, -0.2) is 5.11 Å². The van der Waals surface area contributed by atoms with Crippen LogP contribution < -0.4 is 0 Å². The SMILES string of the molecule is Cc1ccc(CC(O)c2cccc(C#N)c2)cc1C. The monoisotopic (exact) mass is 251 g/mol. The van der Waals surface area contributed by atoms with Gasteiger partial charge in [-0.05, 0) is 48.2 Å². The fraction of sp³-hybridized carbons (Fsp3) is 0.235. The first-order chi connectivity index (χ1) is 9.10. The van der Waals surface area contributed by atoms with E-state index >= 15 is 0 Å². The maximum Gasteiger partial charge on any atom is 0.0991 e. The molecular weight excluding hydrogens is 234 g/mol. The van der Waals surface area contributed by atoms with Crippen LogP contribution in [0.25, 0.3) is 0 Å². The molecule has 0 heterocycles. The normalized spacial score (nSPS) is 11.9. The average Bonchev–Trinajstić information content (AvgIpc) is 2.43. The van der Waals surface area contributed by atoms with Gasteiger partial charge in [-0.25, -0.2) is 0 Å². The van der Waals surface area contributed by atoms with Gasteiger partial charge in [0.1, 0.15) is 0 Å². The van der Waals surface area contributed by atoms with Crippen molar-refractivity contribution >= 4 is 0 Å². The third-order valence-electron chi connectivity index (χ3n) is 3.40. The Labute approximate surface area is 114 Å². The molecule has 96 valence electrons. The molecule has 0 amide bonds. The predicted molar refractivity (Wildman–Crippen MR) is 75.7 cm³/mol. The first-order valence-electron chi connectivity index (χ1n) is 6.34. The van der Waals surface area contributed by atoms with E-state index in [4.69, 9.17) is 5.26 Å². The van der Waals surface area contributed by atoms with Crippen LogP contribution in [0.1, 0.15) is 33.9 Å². The van der Waals surface area contributed by atoms with Gasteiger partial charge in [-0.1, -0.05) is 30.3 Å². The molecule has 0 aliphatic heterocycles. The van der Waals surface area contributed by atoms with Crippen molar-refractivity contribution in [1.29, 1.82) is 5.26 Å². The van der Waals surface area contributed by atoms with Crippen molar-refractivity contribution in [2.45, 2.75) is 26.4 Å². The lowest BCUT2D eigenvalue weighted by atomic mass is 9.97. The topological polar surface area (TPSA) is 44.0 Å². The van der Waals surface area contributed by atoms with Crippen LogP contribution in [0.4, 0.5) is 0 Å². The van der Waals surface area contributed by atoms with E-state index in [0.717, 1.165) is 11.1 Å². The zero-order chi connectivity index (χ0) is 13.8. The maximum atomic E-state index is 10.2. The van der Waals surface area contributed by atoms with Crippen LogP contribution in [0.2, 0.25) is 0 Å². The molecule has 2 heteroatoms. The van der Waals surface area contributed by atoms with E-state index < -0.39 is 6.10 Å². The van der Waals surface area contributed by atoms with E-state index in [-0.39, 0.29) is 0 Å². The molecule has 0 fully saturated rings. The Kier molecular flexibility index (Phi) is 3.99. The Morgan fingerprint density at radius 2 is 1.89 bits per heavy atom. The molecule has 1 atom stereocenters. The van der Waals surface area contributed by atoms with E-state index in [0.29, 0.717) is 12.0 Å². The molecule has 19 heavy (non-hydrogen) atoms. The van der Waals surface area contributed by atoms with Crippen molar-refractivity contribution in [3.63, 3.8) is 0 Å². The number of benzene rings is 2. The lowest BCUT2D eigenvalue weighted by molar-refractivity contribution is 0.178. The highest BCUT2D eigenvalue weighted by Gasteiger charge is 2.09. The third kappa shape index (κ3) is 3.21. The van der Waals surface area contributed by atoms with Gasteiger partial charge >= 0.3 is 0 Å². The summed E-state index contributed by atoms with van der Waals surface area (Å²) in [5.74, 6) is 0. The van der Waals surface area contributed by atoms with E-state index in [9.17, 15) is 5.11 Å². The van der Waals surface area contributed by atoms with Crippen molar-refractivity contribution in [2.24, 2.45) is 0 Å². The summed E-state index contributed by atoms with van der Waals surface area (Å²) in [6.45, 7) is 4.15. The summed E-state index contributed by atoms with van der Waals surface area (Å²) in [4.78, 5) is 0. The van der Waals surface area contributed by atoms with E-state index in [2.05, 4.69) is 32.0 Å². The lowest BCUT2D eigenvalue weighted by Crippen LogP contribution is -2.02. The summed E-state index contributed by atoms with van der Waals surface area (Å²) >= 11 is 0. The summed E-state index contributed by atoms with van der Waals surface area (Å²) in [6, 6.07) is 15.5. The van der Waals surface area contributed by atoms with Gasteiger partial charge in [0.25, 0.3) is 0 Å². The summed E-state index contributed by atoms with van der Waals surface area (Å²) in [5, 5.41) is 19.1. The predicted octanol–water partition coefficient (Wildman–Crippen LogP) is 3.45. The van der Waals surface area contributed by atoms with Gasteiger partial charge in [0.05, 0.1) is 17.7 Å². The second kappa shape index (κ2) is 5.69. The fourth-order valence-corrected chi connectivity index (χ4v) is 2.09. The van der Waals surface area contributed by atoms with Gasteiger partial charge in [-0.15, -0.1) is 0 Å². The zero-order valence-corrected chi connectivity index (χ0v) is 11.2. The van der Waals surface area contributed by atoms with Gasteiger partial charge in [0.2, 0.25) is 0 Å². The van der Waals surface area contributed by atoms with Gasteiger partial charge < -0.3 is 5.11 Å². The number of hydrogen-bond acceptors (Lipinski definition) is 2. The molecule has 2 aromatic carbocycles. The van der Waals surface area contributed by atoms with Crippen molar-refractivity contribution in [1.82, 2.24) is 0 Å². The number of hydrogen-bond donors (Lipinski definition) is 1. The molecule has 0 aromatic heterocycles. The molecule has 0 spiro atoms. The molecule has 0 aliphatic carbocycles. The molecule has 0 aliphatic rings. The third-order valence-corrected chi connectivity index (χ3v) is 3.40. The number of rotatable bonds is 3. The molecule has 2 rings (SSSR count). The first kappa shape index (κ1) is 13.3. The Morgan fingerprint density at radius 3 is 2.58 bits per heavy atom. The second-order valence-electron chi connectivity index (χ2n) is 4.88. The molecule has 0 saturated heterocycles. The van der Waals surface area contributed by atoms with Gasteiger partial charge in [-0.2, -0.15) is 5.26 Å². The molecule has 0 bridgehead atoms. The van der Waals surface area contributed by atoms with Crippen LogP contribution >= 0.6 is 0 Å². The van der Waals surface area contributed by atoms with Crippen LogP contribution in [0.3, 0.4) is 0 Å². The minimum absolute atomic E-state index is 0.565. The number of nitriles is 1. The van der Waals surface area contributed by atoms with Crippen LogP contribution in [-0.2, 0) is 6.42 Å². The summed E-state index contributed by atoms with van der Waals surface area (Å²) < 4.78 is 0. The highest BCUT2D eigenvalue weighted by atomic mass is 16.3. The number of aryl methyl sites for hydroxylation is 2. The van der Waals surface area contributed by atoms with E-state index in [1.807, 2.05) is 12.1 Å². The molecule has 1 N–H and O–H groups in total. The Hall–Kier alpha value is -2.11. The maximum absolute atomic E-state index is 10.2. The smallest absolute Gasteiger partial charge is 0.0991 e. The van der Waals surface area contributed by atoms with Crippen molar-refractivity contribution < 1.29 is 5.11 Å². The quantitative estimate of drug-likeness (QED) is 0.908. The fourth-order valence-electron chi connectivity index (χ4n) is 2.09. The van der Waals surface area contributed by atoms with Crippen LogP contribution in [0.5, 0.6) is 0 Å². The summed E-state index contributed by atoms with van der Waals surface area (Å²) in [7, 11) is 0. The zero-order valence-electron chi connectivity index (χ0n) is 11.2. The average molecular weight is 251 g/mol. The molecule has 0 saturated carbocycles. The molecule has 2 nitrogen and oxygen atoms in total. The standard InChI is InChI=1S/C17H17NO/c1-12-6-7-14(8-13(12)2)10-17(19)16-5-3-4-15(9-16)11-18/h3-9,17,19H,10H2,1-2H3. The van der Waals surface area contributed by atoms with Crippen molar-refractivity contribution in [3.05, 3.63) is 70.3 Å². The molecule has 0 radical (unpaired) electrons. The summed E-state index contributed by atoms with van der Waals surface area (Å²) in [6.07, 6.45) is -0.00822. The van der Waals surface area contributed by atoms with Crippen molar-refractivity contribution in [3.8, 4) is 6.07 Å². The lowest BCUT2D eigenvalue weighted by Gasteiger charge is -2.12. The highest BCUT2D eigenvalue weighted by Crippen LogP contribution is 2.20. The van der Waals surface area contributed by atoms with Gasteiger partial charge in [-0.3, -0.25) is 0 Å². The minimum Gasteiger partial charge on any atom is -0.388 e. The number of aliphatic hydroxyl groups is 1. The Balaban J connectivity index is 2.18. The van der Waals surface area contributed by atoms with Gasteiger partial charge in [0, 0.05) is 6.42 Å². The van der Waals surface area contributed by atoms with Crippen LogP contribution in [0.15, 0.2) is 42.5 Å². The minimum atomic E-state index is -0.574. The Morgan fingerprint density at radius 1 is 1.11 bits per heavy atom. The number of nitrogens with zero attached hydrogens (tertiary/aromatic N) is 1. The molecular formula is C17H17NO. The Bertz CT molecular complexity index is 625. The first-order valence-corrected chi connectivity index (χ1v) is 6.34. The highest BCUT2D eigenvalue weighted by molar-refractivity contribution is 5.35. The second-order valence-corrected chi connectivity index (χ2v) is 4.88. The number of aliphatic hydroxyl groups excluding tert-OH is 1. The van der Waals surface area contributed by atoms with Crippen LogP contribution in [0, 0.1) is 25.2 Å².